The molecule has 1 aromatic carbocycles. The van der Waals surface area contributed by atoms with Crippen molar-refractivity contribution in [1.29, 1.82) is 0 Å². The summed E-state index contributed by atoms with van der Waals surface area (Å²) in [5.74, 6) is 1.97. The Morgan fingerprint density at radius 1 is 1.26 bits per heavy atom. The molecule has 1 heterocycles. The number of halogens is 2. The molecule has 1 unspecified atom stereocenters. The van der Waals surface area contributed by atoms with Crippen molar-refractivity contribution < 1.29 is 13.7 Å². The van der Waals surface area contributed by atoms with E-state index in [4.69, 9.17) is 9.26 Å². The van der Waals surface area contributed by atoms with E-state index in [0.29, 0.717) is 12.3 Å². The Bertz CT molecular complexity index is 699. The molecule has 6 nitrogen and oxygen atoms in total. The Labute approximate surface area is 177 Å². The Kier molecular flexibility index (Phi) is 10.1. The van der Waals surface area contributed by atoms with Gasteiger partial charge in [0.1, 0.15) is 23.4 Å². The fraction of sp³-hybridized carbons (Fsp3) is 0.474. The van der Waals surface area contributed by atoms with Gasteiger partial charge in [-0.15, -0.1) is 24.0 Å². The van der Waals surface area contributed by atoms with Gasteiger partial charge in [0.25, 0.3) is 0 Å². The average molecular weight is 490 g/mol. The molecule has 2 aromatic rings. The molecule has 8 heteroatoms. The number of aryl methyl sites for hydroxylation is 2. The van der Waals surface area contributed by atoms with E-state index in [9.17, 15) is 4.39 Å². The molecule has 0 aliphatic heterocycles. The number of rotatable bonds is 8. The zero-order valence-electron chi connectivity index (χ0n) is 16.2. The highest BCUT2D eigenvalue weighted by Gasteiger charge is 2.09. The van der Waals surface area contributed by atoms with Gasteiger partial charge in [0, 0.05) is 19.2 Å². The molecule has 2 N–H and O–H groups in total. The molecule has 150 valence electrons. The summed E-state index contributed by atoms with van der Waals surface area (Å²) in [7, 11) is 1.73. The number of nitrogens with one attached hydrogen (secondary N) is 2. The summed E-state index contributed by atoms with van der Waals surface area (Å²) in [6.07, 6.45) is 1.78. The van der Waals surface area contributed by atoms with Crippen LogP contribution in [0.4, 0.5) is 4.39 Å². The van der Waals surface area contributed by atoms with Crippen LogP contribution in [0.2, 0.25) is 0 Å². The van der Waals surface area contributed by atoms with Crippen molar-refractivity contribution in [3.8, 4) is 5.75 Å². The maximum absolute atomic E-state index is 12.9. The molecule has 27 heavy (non-hydrogen) atoms. The van der Waals surface area contributed by atoms with Crippen molar-refractivity contribution >= 4 is 29.9 Å². The van der Waals surface area contributed by atoms with Crippen LogP contribution in [0.3, 0.4) is 0 Å². The molecule has 0 fully saturated rings. The van der Waals surface area contributed by atoms with Gasteiger partial charge in [0.2, 0.25) is 0 Å². The highest BCUT2D eigenvalue weighted by Crippen LogP contribution is 2.14. The van der Waals surface area contributed by atoms with Gasteiger partial charge in [0.05, 0.1) is 12.2 Å². The van der Waals surface area contributed by atoms with Crippen LogP contribution < -0.4 is 15.4 Å². The fourth-order valence-electron chi connectivity index (χ4n) is 2.58. The lowest BCUT2D eigenvalue weighted by molar-refractivity contribution is 0.223. The van der Waals surface area contributed by atoms with Gasteiger partial charge in [-0.05, 0) is 57.9 Å². The van der Waals surface area contributed by atoms with Gasteiger partial charge in [-0.3, -0.25) is 4.99 Å². The van der Waals surface area contributed by atoms with Gasteiger partial charge in [-0.2, -0.15) is 0 Å². The van der Waals surface area contributed by atoms with Gasteiger partial charge in [-0.25, -0.2) is 4.39 Å². The van der Waals surface area contributed by atoms with Crippen LogP contribution in [0, 0.1) is 19.7 Å². The predicted octanol–water partition coefficient (Wildman–Crippen LogP) is 3.61. The minimum Gasteiger partial charge on any atom is -0.489 e. The second-order valence-electron chi connectivity index (χ2n) is 6.17. The minimum absolute atomic E-state index is 0. The van der Waals surface area contributed by atoms with Crippen LogP contribution in [0.1, 0.15) is 30.4 Å². The van der Waals surface area contributed by atoms with E-state index in [-0.39, 0.29) is 35.9 Å². The van der Waals surface area contributed by atoms with Crippen molar-refractivity contribution in [1.82, 2.24) is 15.8 Å². The largest absolute Gasteiger partial charge is 0.489 e. The van der Waals surface area contributed by atoms with E-state index in [2.05, 4.69) is 20.8 Å². The monoisotopic (exact) mass is 490 g/mol. The predicted molar refractivity (Wildman–Crippen MR) is 116 cm³/mol. The highest BCUT2D eigenvalue weighted by molar-refractivity contribution is 14.0. The summed E-state index contributed by atoms with van der Waals surface area (Å²) >= 11 is 0. The van der Waals surface area contributed by atoms with Crippen LogP contribution in [0.5, 0.6) is 5.75 Å². The molecule has 2 rings (SSSR count). The zero-order valence-corrected chi connectivity index (χ0v) is 18.5. The molecule has 0 saturated heterocycles. The molecule has 0 amide bonds. The molecule has 1 atom stereocenters. The minimum atomic E-state index is -0.274. The van der Waals surface area contributed by atoms with E-state index < -0.39 is 0 Å². The number of hydrogen-bond acceptors (Lipinski definition) is 4. The first-order valence-corrected chi connectivity index (χ1v) is 8.78. The quantitative estimate of drug-likeness (QED) is 0.256. The third kappa shape index (κ3) is 7.74. The zero-order chi connectivity index (χ0) is 18.9. The number of ether oxygens (including phenoxy) is 1. The Morgan fingerprint density at radius 3 is 2.56 bits per heavy atom. The smallest absolute Gasteiger partial charge is 0.191 e. The molecule has 0 aliphatic carbocycles. The first-order valence-electron chi connectivity index (χ1n) is 8.78. The van der Waals surface area contributed by atoms with Gasteiger partial charge < -0.3 is 19.9 Å². The molecular formula is C19H28FIN4O2. The summed E-state index contributed by atoms with van der Waals surface area (Å²) in [6.45, 7) is 7.22. The standard InChI is InChI=1S/C19H27FN4O2.HI/c1-13(25-17-9-7-16(20)8-10-17)12-23-19(21-4)22-11-5-6-18-14(2)24-26-15(18)3;/h7-10,13H,5-6,11-12H2,1-4H3,(H2,21,22,23);1H. The van der Waals surface area contributed by atoms with Gasteiger partial charge in [0.15, 0.2) is 5.96 Å². The highest BCUT2D eigenvalue weighted by atomic mass is 127. The molecule has 0 bridgehead atoms. The number of aliphatic imine (C=N–C) groups is 1. The lowest BCUT2D eigenvalue weighted by Gasteiger charge is -2.17. The second-order valence-corrected chi connectivity index (χ2v) is 6.17. The number of benzene rings is 1. The maximum Gasteiger partial charge on any atom is 0.191 e. The molecular weight excluding hydrogens is 462 g/mol. The first kappa shape index (κ1) is 23.2. The number of hydrogen-bond donors (Lipinski definition) is 2. The lowest BCUT2D eigenvalue weighted by Crippen LogP contribution is -2.42. The van der Waals surface area contributed by atoms with Crippen LogP contribution >= 0.6 is 24.0 Å². The van der Waals surface area contributed by atoms with E-state index in [1.807, 2.05) is 20.8 Å². The molecule has 1 aromatic heterocycles. The van der Waals surface area contributed by atoms with Crippen molar-refractivity contribution in [2.45, 2.75) is 39.7 Å². The van der Waals surface area contributed by atoms with E-state index >= 15 is 0 Å². The first-order chi connectivity index (χ1) is 12.5. The molecule has 0 radical (unpaired) electrons. The van der Waals surface area contributed by atoms with Crippen LogP contribution in [0.15, 0.2) is 33.8 Å². The second kappa shape index (κ2) is 11.8. The summed E-state index contributed by atoms with van der Waals surface area (Å²) in [5.41, 5.74) is 2.13. The SMILES string of the molecule is CN=C(NCCCc1c(C)noc1C)NCC(C)Oc1ccc(F)cc1.I. The van der Waals surface area contributed by atoms with Gasteiger partial charge >= 0.3 is 0 Å². The Hall–Kier alpha value is -1.84. The topological polar surface area (TPSA) is 71.7 Å². The van der Waals surface area contributed by atoms with E-state index in [0.717, 1.165) is 36.8 Å². The van der Waals surface area contributed by atoms with Crippen LogP contribution in [-0.4, -0.2) is 37.4 Å². The van der Waals surface area contributed by atoms with E-state index in [1.54, 1.807) is 19.2 Å². The van der Waals surface area contributed by atoms with Crippen molar-refractivity contribution in [3.63, 3.8) is 0 Å². The fourth-order valence-corrected chi connectivity index (χ4v) is 2.58. The van der Waals surface area contributed by atoms with Crippen molar-refractivity contribution in [3.05, 3.63) is 47.1 Å². The summed E-state index contributed by atoms with van der Waals surface area (Å²) in [4.78, 5) is 4.21. The van der Waals surface area contributed by atoms with Crippen LogP contribution in [0.25, 0.3) is 0 Å². The Morgan fingerprint density at radius 2 is 1.96 bits per heavy atom. The number of guanidine groups is 1. The summed E-state index contributed by atoms with van der Waals surface area (Å²) in [5, 5.41) is 10.5. The summed E-state index contributed by atoms with van der Waals surface area (Å²) in [6, 6.07) is 6.01. The van der Waals surface area contributed by atoms with Crippen molar-refractivity contribution in [2.75, 3.05) is 20.1 Å². The number of nitrogens with zero attached hydrogens (tertiary/aromatic N) is 2. The molecule has 0 saturated carbocycles. The van der Waals surface area contributed by atoms with Crippen molar-refractivity contribution in [2.24, 2.45) is 4.99 Å². The Balaban J connectivity index is 0.00000364. The third-order valence-corrected chi connectivity index (χ3v) is 4.01. The van der Waals surface area contributed by atoms with Gasteiger partial charge in [-0.1, -0.05) is 5.16 Å². The maximum atomic E-state index is 12.9. The number of aromatic nitrogens is 1. The normalized spacial score (nSPS) is 12.3. The summed E-state index contributed by atoms with van der Waals surface area (Å²) < 4.78 is 23.8. The molecule has 0 aliphatic rings. The lowest BCUT2D eigenvalue weighted by atomic mass is 10.1. The van der Waals surface area contributed by atoms with Crippen LogP contribution in [-0.2, 0) is 6.42 Å². The third-order valence-electron chi connectivity index (χ3n) is 4.01. The molecule has 0 spiro atoms. The van der Waals surface area contributed by atoms with E-state index in [1.165, 1.54) is 17.7 Å². The average Bonchev–Trinajstić information content (AvgIpc) is 2.94.